The molecule has 0 N–H and O–H groups in total. The van der Waals surface area contributed by atoms with E-state index in [1.807, 2.05) is 0 Å². The molecule has 0 radical (unpaired) electrons. The van der Waals surface area contributed by atoms with E-state index >= 15 is 0 Å². The van der Waals surface area contributed by atoms with Gasteiger partial charge in [0.2, 0.25) is 0 Å². The Kier molecular flexibility index (Phi) is 6.66. The molecule has 5 rings (SSSR count). The maximum absolute atomic E-state index is 2.52. The Hall–Kier alpha value is -3.82. The minimum absolute atomic E-state index is 1.22. The second-order valence-corrected chi connectivity index (χ2v) is 15.0. The molecule has 1 aliphatic rings. The van der Waals surface area contributed by atoms with Crippen LogP contribution in [0.2, 0.25) is 13.1 Å². The van der Waals surface area contributed by atoms with Crippen molar-refractivity contribution in [3.8, 4) is 0 Å². The Morgan fingerprint density at radius 3 is 1.03 bits per heavy atom. The fourth-order valence-electron chi connectivity index (χ4n) is 5.65. The van der Waals surface area contributed by atoms with Crippen LogP contribution in [-0.2, 0) is 0 Å². The number of anilines is 2. The van der Waals surface area contributed by atoms with Crippen molar-refractivity contribution in [2.75, 3.05) is 38.0 Å². The fraction of sp³-hybridized carbons (Fsp3) is 0.176. The molecular weight excluding hydrogens is 464 g/mol. The molecule has 0 saturated carbocycles. The summed E-state index contributed by atoms with van der Waals surface area (Å²) in [4.78, 5) is 4.33. The topological polar surface area (TPSA) is 6.48 Å². The summed E-state index contributed by atoms with van der Waals surface area (Å²) in [6, 6.07) is 40.3. The second-order valence-electron chi connectivity index (χ2n) is 10.7. The van der Waals surface area contributed by atoms with Gasteiger partial charge < -0.3 is 9.80 Å². The molecule has 186 valence electrons. The Bertz CT molecular complexity index is 1330. The number of benzene rings is 4. The van der Waals surface area contributed by atoms with Crippen LogP contribution in [0.25, 0.3) is 21.5 Å². The molecule has 0 spiro atoms. The molecule has 0 atom stereocenters. The average molecular weight is 501 g/mol. The molecule has 4 aromatic rings. The summed E-state index contributed by atoms with van der Waals surface area (Å²) in [7, 11) is 6.27. The van der Waals surface area contributed by atoms with E-state index < -0.39 is 8.07 Å². The molecule has 0 unspecified atom stereocenters. The van der Waals surface area contributed by atoms with Gasteiger partial charge in [0, 0.05) is 39.6 Å². The molecule has 37 heavy (non-hydrogen) atoms. The minimum atomic E-state index is -2.13. The molecule has 0 aliphatic carbocycles. The Morgan fingerprint density at radius 1 is 0.405 bits per heavy atom. The van der Waals surface area contributed by atoms with E-state index in [4.69, 9.17) is 0 Å². The van der Waals surface area contributed by atoms with Crippen LogP contribution >= 0.6 is 0 Å². The highest BCUT2D eigenvalue weighted by Gasteiger charge is 2.43. The molecule has 0 bridgehead atoms. The first kappa shape index (κ1) is 24.9. The van der Waals surface area contributed by atoms with E-state index in [9.17, 15) is 0 Å². The summed E-state index contributed by atoms with van der Waals surface area (Å²) in [6.45, 7) is 5.05. The first-order valence-electron chi connectivity index (χ1n) is 13.0. The van der Waals surface area contributed by atoms with Crippen LogP contribution in [0.15, 0.2) is 109 Å². The highest BCUT2D eigenvalue weighted by Crippen LogP contribution is 2.55. The first-order chi connectivity index (χ1) is 17.8. The van der Waals surface area contributed by atoms with Gasteiger partial charge in [-0.05, 0) is 68.1 Å². The second kappa shape index (κ2) is 9.91. The zero-order valence-electron chi connectivity index (χ0n) is 22.8. The lowest BCUT2D eigenvalue weighted by molar-refractivity contribution is 1.13. The van der Waals surface area contributed by atoms with E-state index in [-0.39, 0.29) is 0 Å². The summed E-state index contributed by atoms with van der Waals surface area (Å²) in [5, 5.41) is 3.02. The van der Waals surface area contributed by atoms with Crippen molar-refractivity contribution < 1.29 is 0 Å². The maximum atomic E-state index is 2.52. The van der Waals surface area contributed by atoms with Gasteiger partial charge >= 0.3 is 0 Å². The molecule has 2 nitrogen and oxygen atoms in total. The molecule has 1 aliphatic heterocycles. The quantitative estimate of drug-likeness (QED) is 0.247. The molecule has 4 aromatic carbocycles. The summed E-state index contributed by atoms with van der Waals surface area (Å²) in [5.41, 5.74) is 10.4. The van der Waals surface area contributed by atoms with Gasteiger partial charge in [-0.1, -0.05) is 98.0 Å². The molecular formula is C34H36N2Si. The van der Waals surface area contributed by atoms with Crippen LogP contribution in [0.5, 0.6) is 0 Å². The van der Waals surface area contributed by atoms with Crippen LogP contribution in [0.4, 0.5) is 11.4 Å². The van der Waals surface area contributed by atoms with Crippen molar-refractivity contribution in [2.24, 2.45) is 0 Å². The van der Waals surface area contributed by atoms with E-state index in [0.29, 0.717) is 0 Å². The van der Waals surface area contributed by atoms with Crippen molar-refractivity contribution in [1.82, 2.24) is 0 Å². The summed E-state index contributed by atoms with van der Waals surface area (Å²) >= 11 is 0. The van der Waals surface area contributed by atoms with Crippen molar-refractivity contribution in [2.45, 2.75) is 13.1 Å². The van der Waals surface area contributed by atoms with Gasteiger partial charge in [-0.25, -0.2) is 0 Å². The van der Waals surface area contributed by atoms with E-state index in [2.05, 4.69) is 160 Å². The Labute approximate surface area is 223 Å². The average Bonchev–Trinajstić information content (AvgIpc) is 3.16. The fourth-order valence-corrected chi connectivity index (χ4v) is 9.47. The van der Waals surface area contributed by atoms with Crippen LogP contribution < -0.4 is 9.80 Å². The monoisotopic (exact) mass is 500 g/mol. The van der Waals surface area contributed by atoms with Crippen molar-refractivity contribution in [1.29, 1.82) is 0 Å². The third-order valence-corrected chi connectivity index (χ3v) is 11.0. The minimum Gasteiger partial charge on any atom is -0.378 e. The zero-order chi connectivity index (χ0) is 26.2. The number of hydrogen-bond acceptors (Lipinski definition) is 2. The molecule has 0 aromatic heterocycles. The number of allylic oxidation sites excluding steroid dienone is 2. The normalized spacial score (nSPS) is 14.8. The lowest BCUT2D eigenvalue weighted by Crippen LogP contribution is -2.28. The third kappa shape index (κ3) is 4.56. The largest absolute Gasteiger partial charge is 0.378 e. The van der Waals surface area contributed by atoms with E-state index in [0.717, 1.165) is 0 Å². The van der Waals surface area contributed by atoms with Gasteiger partial charge in [0.15, 0.2) is 0 Å². The molecule has 1 heterocycles. The number of nitrogens with zero attached hydrogens (tertiary/aromatic N) is 2. The molecule has 0 fully saturated rings. The predicted molar refractivity (Wildman–Crippen MR) is 166 cm³/mol. The highest BCUT2D eigenvalue weighted by molar-refractivity contribution is 7.13. The maximum Gasteiger partial charge on any atom is 0.115 e. The van der Waals surface area contributed by atoms with Crippen molar-refractivity contribution in [3.05, 3.63) is 131 Å². The smallest absolute Gasteiger partial charge is 0.115 e. The summed E-state index contributed by atoms with van der Waals surface area (Å²) in [5.74, 6) is 0. The highest BCUT2D eigenvalue weighted by atomic mass is 28.3. The van der Waals surface area contributed by atoms with E-state index in [1.54, 1.807) is 0 Å². The molecule has 0 amide bonds. The SMILES string of the molecule is CN(C)c1ccc(C2=C(c3ccccc3)C(c3ccccc3)=C(c3ccc(N(C)C)cc3)[Si]2(C)C)cc1. The van der Waals surface area contributed by atoms with Crippen LogP contribution in [0.1, 0.15) is 22.3 Å². The van der Waals surface area contributed by atoms with Gasteiger partial charge in [0.25, 0.3) is 0 Å². The zero-order valence-corrected chi connectivity index (χ0v) is 23.8. The first-order valence-corrected chi connectivity index (χ1v) is 16.0. The Morgan fingerprint density at radius 2 is 0.730 bits per heavy atom. The summed E-state index contributed by atoms with van der Waals surface area (Å²) in [6.07, 6.45) is 0. The van der Waals surface area contributed by atoms with Crippen LogP contribution in [0, 0.1) is 0 Å². The van der Waals surface area contributed by atoms with E-state index in [1.165, 1.54) is 55.2 Å². The lowest BCUT2D eigenvalue weighted by Gasteiger charge is -2.27. The van der Waals surface area contributed by atoms with Crippen LogP contribution in [0.3, 0.4) is 0 Å². The van der Waals surface area contributed by atoms with Gasteiger partial charge in [0.05, 0.1) is 0 Å². The van der Waals surface area contributed by atoms with Crippen molar-refractivity contribution >= 4 is 41.0 Å². The van der Waals surface area contributed by atoms with Gasteiger partial charge in [-0.3, -0.25) is 0 Å². The number of rotatable bonds is 6. The predicted octanol–water partition coefficient (Wildman–Crippen LogP) is 8.14. The van der Waals surface area contributed by atoms with Gasteiger partial charge in [0.1, 0.15) is 8.07 Å². The lowest BCUT2D eigenvalue weighted by atomic mass is 9.89. The van der Waals surface area contributed by atoms with Crippen LogP contribution in [-0.4, -0.2) is 36.3 Å². The summed E-state index contributed by atoms with van der Waals surface area (Å²) < 4.78 is 0. The molecule has 3 heteroatoms. The third-order valence-electron chi connectivity index (χ3n) is 7.47. The molecule has 0 saturated heterocycles. The number of hydrogen-bond donors (Lipinski definition) is 0. The van der Waals surface area contributed by atoms with Crippen molar-refractivity contribution in [3.63, 3.8) is 0 Å². The van der Waals surface area contributed by atoms with Gasteiger partial charge in [-0.15, -0.1) is 0 Å². The standard InChI is InChI=1S/C34H36N2Si/c1-35(2)29-21-17-27(18-22-29)33-31(25-13-9-7-10-14-25)32(26-15-11-8-12-16-26)34(37(33,5)6)28-19-23-30(24-20-28)36(3)4/h7-24H,1-6H3. The van der Waals surface area contributed by atoms with Gasteiger partial charge in [-0.2, -0.15) is 0 Å². The Balaban J connectivity index is 1.83.